The third-order valence-electron chi connectivity index (χ3n) is 5.35. The minimum absolute atomic E-state index is 0.0396. The molecule has 4 rings (SSSR count). The highest BCUT2D eigenvalue weighted by atomic mass is 32.2. The Morgan fingerprint density at radius 1 is 1.15 bits per heavy atom. The van der Waals surface area contributed by atoms with E-state index in [1.807, 2.05) is 4.57 Å². The molecule has 1 amide bonds. The molecule has 0 aliphatic carbocycles. The van der Waals surface area contributed by atoms with Gasteiger partial charge in [0.15, 0.2) is 5.82 Å². The number of terminal acetylenes is 1. The largest absolute Gasteiger partial charge is 0.319 e. The van der Waals surface area contributed by atoms with E-state index in [0.29, 0.717) is 11.4 Å². The average molecular weight is 468 g/mol. The van der Waals surface area contributed by atoms with Crippen LogP contribution in [0.4, 0.5) is 10.1 Å². The number of benzene rings is 2. The van der Waals surface area contributed by atoms with E-state index in [2.05, 4.69) is 26.2 Å². The number of aromatic nitrogens is 3. The second kappa shape index (κ2) is 9.52. The molecule has 0 fully saturated rings. The van der Waals surface area contributed by atoms with Gasteiger partial charge in [0.2, 0.25) is 10.0 Å². The topological polar surface area (TPSA) is 106 Å². The lowest BCUT2D eigenvalue weighted by Crippen LogP contribution is -2.24. The van der Waals surface area contributed by atoms with Gasteiger partial charge in [-0.1, -0.05) is 18.4 Å². The van der Waals surface area contributed by atoms with Crippen molar-refractivity contribution in [2.24, 2.45) is 0 Å². The molecule has 1 aliphatic heterocycles. The van der Waals surface area contributed by atoms with Gasteiger partial charge in [-0.15, -0.1) is 16.6 Å². The number of sulfonamides is 1. The summed E-state index contributed by atoms with van der Waals surface area (Å²) >= 11 is 0. The van der Waals surface area contributed by atoms with Crippen molar-refractivity contribution in [1.29, 1.82) is 0 Å². The Morgan fingerprint density at radius 2 is 2.00 bits per heavy atom. The molecule has 1 aromatic heterocycles. The molecule has 2 heterocycles. The first-order valence-electron chi connectivity index (χ1n) is 10.5. The lowest BCUT2D eigenvalue weighted by molar-refractivity contribution is 0.102. The van der Waals surface area contributed by atoms with Gasteiger partial charge in [-0.05, 0) is 49.2 Å². The van der Waals surface area contributed by atoms with E-state index >= 15 is 0 Å². The van der Waals surface area contributed by atoms with Crippen LogP contribution in [0, 0.1) is 18.2 Å². The molecule has 0 saturated carbocycles. The van der Waals surface area contributed by atoms with Crippen molar-refractivity contribution in [2.75, 3.05) is 11.9 Å². The van der Waals surface area contributed by atoms with Gasteiger partial charge in [-0.3, -0.25) is 4.79 Å². The summed E-state index contributed by atoms with van der Waals surface area (Å²) in [6.45, 7) is 0.606. The number of aryl methyl sites for hydroxylation is 1. The van der Waals surface area contributed by atoms with E-state index in [1.165, 1.54) is 36.4 Å². The summed E-state index contributed by atoms with van der Waals surface area (Å²) < 4.78 is 43.3. The van der Waals surface area contributed by atoms with Crippen LogP contribution >= 0.6 is 0 Å². The zero-order chi connectivity index (χ0) is 23.4. The molecule has 10 heteroatoms. The first-order chi connectivity index (χ1) is 15.9. The normalized spacial score (nSPS) is 13.6. The van der Waals surface area contributed by atoms with Crippen LogP contribution in [0.15, 0.2) is 47.4 Å². The first-order valence-corrected chi connectivity index (χ1v) is 11.9. The van der Waals surface area contributed by atoms with Crippen LogP contribution in [0.3, 0.4) is 0 Å². The van der Waals surface area contributed by atoms with Gasteiger partial charge >= 0.3 is 0 Å². The molecular formula is C23H22FN5O3S. The quantitative estimate of drug-likeness (QED) is 0.542. The van der Waals surface area contributed by atoms with Crippen molar-refractivity contribution in [2.45, 2.75) is 37.1 Å². The maximum atomic E-state index is 14.5. The van der Waals surface area contributed by atoms with Crippen molar-refractivity contribution in [3.63, 3.8) is 0 Å². The Kier molecular flexibility index (Phi) is 6.53. The Labute approximate surface area is 191 Å². The number of rotatable bonds is 6. The summed E-state index contributed by atoms with van der Waals surface area (Å²) in [6.07, 6.45) is 9.11. The summed E-state index contributed by atoms with van der Waals surface area (Å²) in [7, 11) is -3.87. The van der Waals surface area contributed by atoms with Gasteiger partial charge in [0.05, 0.1) is 17.1 Å². The Morgan fingerprint density at radius 3 is 2.82 bits per heavy atom. The molecule has 8 nitrogen and oxygen atoms in total. The Bertz CT molecular complexity index is 1340. The average Bonchev–Trinajstić information content (AvgIpc) is 3.07. The highest BCUT2D eigenvalue weighted by Crippen LogP contribution is 2.27. The monoisotopic (exact) mass is 467 g/mol. The van der Waals surface area contributed by atoms with Crippen molar-refractivity contribution < 1.29 is 17.6 Å². The lowest BCUT2D eigenvalue weighted by atomic mass is 10.1. The van der Waals surface area contributed by atoms with Crippen LogP contribution in [0.25, 0.3) is 11.4 Å². The van der Waals surface area contributed by atoms with Gasteiger partial charge in [0, 0.05) is 24.1 Å². The maximum absolute atomic E-state index is 14.5. The van der Waals surface area contributed by atoms with E-state index in [0.717, 1.165) is 38.1 Å². The lowest BCUT2D eigenvalue weighted by Gasteiger charge is -2.11. The molecule has 2 N–H and O–H groups in total. The molecular weight excluding hydrogens is 445 g/mol. The number of carbonyl (C=O) groups is 1. The van der Waals surface area contributed by atoms with Gasteiger partial charge in [-0.2, -0.15) is 4.72 Å². The number of nitrogens with zero attached hydrogens (tertiary/aromatic N) is 3. The number of hydrogen-bond donors (Lipinski definition) is 2. The standard InChI is InChI=1S/C23H22FN5O3S/c1-2-12-25-33(31,32)18-8-6-7-17(14-18)23(30)26-20-15-16(10-11-19(20)24)22-28-27-21-9-4-3-5-13-29(21)22/h1,6-8,10-11,14-15,25H,3-5,9,12-13H2,(H,26,30). The summed E-state index contributed by atoms with van der Waals surface area (Å²) in [5.41, 5.74) is 0.643. The molecule has 1 aliphatic rings. The molecule has 33 heavy (non-hydrogen) atoms. The molecule has 0 atom stereocenters. The Hall–Kier alpha value is -3.55. The van der Waals surface area contributed by atoms with Crippen molar-refractivity contribution in [3.8, 4) is 23.7 Å². The number of halogens is 1. The molecule has 0 unspecified atom stereocenters. The van der Waals surface area contributed by atoms with Gasteiger partial charge in [0.25, 0.3) is 5.91 Å². The highest BCUT2D eigenvalue weighted by molar-refractivity contribution is 7.89. The van der Waals surface area contributed by atoms with Crippen molar-refractivity contribution in [1.82, 2.24) is 19.5 Å². The van der Waals surface area contributed by atoms with Crippen LogP contribution in [0.2, 0.25) is 0 Å². The second-order valence-corrected chi connectivity index (χ2v) is 9.37. The smallest absolute Gasteiger partial charge is 0.255 e. The van der Waals surface area contributed by atoms with Crippen molar-refractivity contribution >= 4 is 21.6 Å². The van der Waals surface area contributed by atoms with Gasteiger partial charge in [0.1, 0.15) is 11.6 Å². The van der Waals surface area contributed by atoms with Gasteiger partial charge < -0.3 is 9.88 Å². The van der Waals surface area contributed by atoms with Crippen LogP contribution in [0.1, 0.15) is 35.4 Å². The van der Waals surface area contributed by atoms with E-state index in [9.17, 15) is 17.6 Å². The minimum atomic E-state index is -3.87. The van der Waals surface area contributed by atoms with Crippen LogP contribution in [0.5, 0.6) is 0 Å². The fourth-order valence-corrected chi connectivity index (χ4v) is 4.66. The van der Waals surface area contributed by atoms with Crippen LogP contribution in [-0.2, 0) is 23.0 Å². The zero-order valence-electron chi connectivity index (χ0n) is 17.7. The SMILES string of the molecule is C#CCNS(=O)(=O)c1cccc(C(=O)Nc2cc(-c3nnc4n3CCCCC4)ccc2F)c1. The number of fused-ring (bicyclic) bond motifs is 1. The summed E-state index contributed by atoms with van der Waals surface area (Å²) in [5, 5.41) is 11.1. The van der Waals surface area contributed by atoms with E-state index < -0.39 is 21.7 Å². The highest BCUT2D eigenvalue weighted by Gasteiger charge is 2.19. The molecule has 0 saturated heterocycles. The zero-order valence-corrected chi connectivity index (χ0v) is 18.5. The molecule has 3 aromatic rings. The maximum Gasteiger partial charge on any atom is 0.255 e. The number of nitrogens with one attached hydrogen (secondary N) is 2. The summed E-state index contributed by atoms with van der Waals surface area (Å²) in [4.78, 5) is 12.7. The van der Waals surface area contributed by atoms with E-state index in [1.54, 1.807) is 6.07 Å². The van der Waals surface area contributed by atoms with E-state index in [-0.39, 0.29) is 22.7 Å². The second-order valence-electron chi connectivity index (χ2n) is 7.61. The van der Waals surface area contributed by atoms with Crippen molar-refractivity contribution in [3.05, 3.63) is 59.7 Å². The van der Waals surface area contributed by atoms with E-state index in [4.69, 9.17) is 6.42 Å². The molecule has 0 bridgehead atoms. The molecule has 2 aromatic carbocycles. The molecule has 0 spiro atoms. The predicted molar refractivity (Wildman–Crippen MR) is 121 cm³/mol. The van der Waals surface area contributed by atoms with Crippen LogP contribution < -0.4 is 10.0 Å². The first kappa shape index (κ1) is 22.6. The number of carbonyl (C=O) groups excluding carboxylic acids is 1. The number of amides is 1. The Balaban J connectivity index is 1.59. The fraction of sp³-hybridized carbons (Fsp3) is 0.261. The summed E-state index contributed by atoms with van der Waals surface area (Å²) in [5.74, 6) is 2.43. The van der Waals surface area contributed by atoms with Gasteiger partial charge in [-0.25, -0.2) is 12.8 Å². The summed E-state index contributed by atoms with van der Waals surface area (Å²) in [6, 6.07) is 9.77. The number of hydrogen-bond acceptors (Lipinski definition) is 5. The minimum Gasteiger partial charge on any atom is -0.319 e. The third-order valence-corrected chi connectivity index (χ3v) is 6.75. The third kappa shape index (κ3) is 4.94. The number of anilines is 1. The molecule has 170 valence electrons. The fourth-order valence-electron chi connectivity index (χ4n) is 3.68. The predicted octanol–water partition coefficient (Wildman–Crippen LogP) is 2.97. The van der Waals surface area contributed by atoms with Crippen LogP contribution in [-0.4, -0.2) is 35.6 Å². The molecule has 0 radical (unpaired) electrons.